The Labute approximate surface area is 297 Å². The first kappa shape index (κ1) is 38.9. The van der Waals surface area contributed by atoms with Crippen LogP contribution in [0.2, 0.25) is 33.2 Å². The van der Waals surface area contributed by atoms with Gasteiger partial charge in [0.2, 0.25) is 14.1 Å². The molecule has 0 saturated carbocycles. The first-order valence-corrected chi connectivity index (χ1v) is 22.3. The third kappa shape index (κ3) is 6.33. The van der Waals surface area contributed by atoms with Crippen molar-refractivity contribution in [2.45, 2.75) is 142 Å². The molecule has 1 heterocycles. The molecule has 2 aromatic carbocycles. The van der Waals surface area contributed by atoms with Crippen molar-refractivity contribution in [3.63, 3.8) is 0 Å². The first-order chi connectivity index (χ1) is 22.7. The zero-order chi connectivity index (χ0) is 37.0. The number of benzene rings is 2. The minimum absolute atomic E-state index is 0.0459. The molecule has 0 spiro atoms. The van der Waals surface area contributed by atoms with E-state index in [9.17, 15) is 9.59 Å². The molecule has 0 amide bonds. The van der Waals surface area contributed by atoms with Gasteiger partial charge in [-0.15, -0.1) is 0 Å². The standard InChI is InChI=1S/C40H60O7Si2/c1-22(2)48(23(3)4,24(5)6)45-21-28-17-30-32(20-33(28)47-49(25(7)8,26(9)10)27(11)12)40(13,14)46-39-36(30)37(41)31-18-29(43-15)19-34(44-16)35(31)38(39)42/h17-20,22-27H,21H2,1-16H3. The molecule has 2 aliphatic rings. The van der Waals surface area contributed by atoms with Crippen LogP contribution in [0.4, 0.5) is 0 Å². The number of hydrogen-bond donors (Lipinski definition) is 0. The normalized spacial score (nSPS) is 16.1. The second-order valence-corrected chi connectivity index (χ2v) is 27.1. The topological polar surface area (TPSA) is 80.3 Å². The number of rotatable bonds is 13. The number of methoxy groups -OCH3 is 2. The molecule has 1 aliphatic heterocycles. The molecule has 1 aliphatic carbocycles. The highest BCUT2D eigenvalue weighted by Gasteiger charge is 2.50. The Morgan fingerprint density at radius 1 is 0.653 bits per heavy atom. The van der Waals surface area contributed by atoms with Gasteiger partial charge in [-0.05, 0) is 70.9 Å². The number of allylic oxidation sites excluding steroid dienone is 2. The van der Waals surface area contributed by atoms with E-state index in [0.29, 0.717) is 51.2 Å². The summed E-state index contributed by atoms with van der Waals surface area (Å²) >= 11 is 0. The summed E-state index contributed by atoms with van der Waals surface area (Å²) < 4.78 is 32.3. The lowest BCUT2D eigenvalue weighted by Crippen LogP contribution is -2.51. The van der Waals surface area contributed by atoms with Gasteiger partial charge in [0.05, 0.1) is 32.0 Å². The number of fused-ring (bicyclic) bond motifs is 3. The Kier molecular flexibility index (Phi) is 11.1. The van der Waals surface area contributed by atoms with Gasteiger partial charge in [0.1, 0.15) is 22.8 Å². The summed E-state index contributed by atoms with van der Waals surface area (Å²) in [5, 5.41) is 0. The third-order valence-corrected chi connectivity index (χ3v) is 23.4. The lowest BCUT2D eigenvalue weighted by molar-refractivity contribution is 0.0236. The largest absolute Gasteiger partial charge is 0.542 e. The fourth-order valence-corrected chi connectivity index (χ4v) is 19.9. The molecule has 0 aromatic heterocycles. The van der Waals surface area contributed by atoms with E-state index in [0.717, 1.165) is 16.9 Å². The molecule has 4 rings (SSSR count). The fourth-order valence-electron chi connectivity index (χ4n) is 9.18. The van der Waals surface area contributed by atoms with Crippen molar-refractivity contribution < 1.29 is 32.7 Å². The zero-order valence-electron chi connectivity index (χ0n) is 32.8. The van der Waals surface area contributed by atoms with Crippen molar-refractivity contribution in [3.8, 4) is 17.2 Å². The van der Waals surface area contributed by atoms with Crippen LogP contribution in [0.3, 0.4) is 0 Å². The molecular formula is C40H60O7Si2. The van der Waals surface area contributed by atoms with Gasteiger partial charge in [0, 0.05) is 22.8 Å². The second-order valence-electron chi connectivity index (χ2n) is 16.3. The van der Waals surface area contributed by atoms with Crippen molar-refractivity contribution >= 4 is 33.8 Å². The predicted octanol–water partition coefficient (Wildman–Crippen LogP) is 11.0. The molecule has 7 nitrogen and oxygen atoms in total. The minimum atomic E-state index is -2.41. The summed E-state index contributed by atoms with van der Waals surface area (Å²) in [5.74, 6) is 0.871. The Bertz CT molecular complexity index is 1590. The molecule has 0 unspecified atom stereocenters. The highest BCUT2D eigenvalue weighted by molar-refractivity contribution is 6.78. The lowest BCUT2D eigenvalue weighted by Gasteiger charge is -2.44. The van der Waals surface area contributed by atoms with Crippen LogP contribution in [0, 0.1) is 0 Å². The fraction of sp³-hybridized carbons (Fsp3) is 0.600. The van der Waals surface area contributed by atoms with Crippen LogP contribution < -0.4 is 13.9 Å². The van der Waals surface area contributed by atoms with E-state index in [1.54, 1.807) is 12.1 Å². The van der Waals surface area contributed by atoms with Crippen LogP contribution >= 0.6 is 0 Å². The Morgan fingerprint density at radius 2 is 1.18 bits per heavy atom. The molecule has 0 N–H and O–H groups in total. The SMILES string of the molecule is COc1cc(OC)c2c(c1)C(=O)C1=C(OC(C)(C)c3cc(O[Si](C(C)C)(C(C)C)C(C)C)c(CO[Si](C(C)C)(C(C)C)C(C)C)cc31)C2=O. The molecule has 0 fully saturated rings. The third-order valence-electron chi connectivity index (χ3n) is 11.3. The lowest BCUT2D eigenvalue weighted by atomic mass is 9.77. The van der Waals surface area contributed by atoms with Gasteiger partial charge in [0.25, 0.3) is 8.32 Å². The second kappa shape index (κ2) is 14.0. The molecule has 2 aromatic rings. The number of ketones is 2. The maximum atomic E-state index is 14.5. The summed E-state index contributed by atoms with van der Waals surface area (Å²) in [6.07, 6.45) is 0. The van der Waals surface area contributed by atoms with Crippen molar-refractivity contribution in [1.82, 2.24) is 0 Å². The summed E-state index contributed by atoms with van der Waals surface area (Å²) in [4.78, 5) is 28.8. The van der Waals surface area contributed by atoms with Crippen LogP contribution in [-0.2, 0) is 21.4 Å². The highest BCUT2D eigenvalue weighted by Crippen LogP contribution is 2.51. The monoisotopic (exact) mass is 708 g/mol. The minimum Gasteiger partial charge on any atom is -0.542 e. The van der Waals surface area contributed by atoms with Crippen molar-refractivity contribution in [3.05, 3.63) is 57.8 Å². The maximum Gasteiger partial charge on any atom is 0.258 e. The molecule has 0 atom stereocenters. The van der Waals surface area contributed by atoms with Crippen molar-refractivity contribution in [2.24, 2.45) is 0 Å². The summed E-state index contributed by atoms with van der Waals surface area (Å²) in [5.41, 5.74) is 4.39. The summed E-state index contributed by atoms with van der Waals surface area (Å²) in [6, 6.07) is 7.37. The molecule has 0 bridgehead atoms. The smallest absolute Gasteiger partial charge is 0.258 e. The summed E-state index contributed by atoms with van der Waals surface area (Å²) in [6.45, 7) is 31.7. The maximum absolute atomic E-state index is 14.5. The molecule has 49 heavy (non-hydrogen) atoms. The van der Waals surface area contributed by atoms with Crippen LogP contribution in [0.1, 0.15) is 134 Å². The Hall–Kier alpha value is -2.89. The summed E-state index contributed by atoms with van der Waals surface area (Å²) in [7, 11) is -1.67. The zero-order valence-corrected chi connectivity index (χ0v) is 34.8. The number of carbonyl (C=O) groups is 2. The highest BCUT2D eigenvalue weighted by atomic mass is 28.4. The van der Waals surface area contributed by atoms with Crippen LogP contribution in [-0.4, -0.2) is 42.4 Å². The van der Waals surface area contributed by atoms with Gasteiger partial charge >= 0.3 is 0 Å². The van der Waals surface area contributed by atoms with Gasteiger partial charge in [-0.3, -0.25) is 9.59 Å². The number of hydrogen-bond acceptors (Lipinski definition) is 7. The number of carbonyl (C=O) groups excluding carboxylic acids is 2. The van der Waals surface area contributed by atoms with Gasteiger partial charge < -0.3 is 23.1 Å². The number of ether oxygens (including phenoxy) is 3. The van der Waals surface area contributed by atoms with Crippen LogP contribution in [0.15, 0.2) is 30.0 Å². The predicted molar refractivity (Wildman–Crippen MR) is 203 cm³/mol. The average Bonchev–Trinajstić information content (AvgIpc) is 3.00. The van der Waals surface area contributed by atoms with E-state index in [4.69, 9.17) is 23.1 Å². The molecule has 0 saturated heterocycles. The van der Waals surface area contributed by atoms with E-state index in [1.165, 1.54) is 14.2 Å². The van der Waals surface area contributed by atoms with E-state index in [-0.39, 0.29) is 39.8 Å². The van der Waals surface area contributed by atoms with Gasteiger partial charge in [0.15, 0.2) is 11.5 Å². The van der Waals surface area contributed by atoms with Gasteiger partial charge in [-0.1, -0.05) is 83.1 Å². The average molecular weight is 709 g/mol. The van der Waals surface area contributed by atoms with E-state index < -0.39 is 22.2 Å². The Balaban J connectivity index is 2.04. The van der Waals surface area contributed by atoms with Crippen molar-refractivity contribution in [2.75, 3.05) is 14.2 Å². The first-order valence-electron chi connectivity index (χ1n) is 18.0. The Morgan fingerprint density at radius 3 is 1.65 bits per heavy atom. The van der Waals surface area contributed by atoms with Crippen molar-refractivity contribution in [1.29, 1.82) is 0 Å². The van der Waals surface area contributed by atoms with Crippen LogP contribution in [0.25, 0.3) is 5.57 Å². The van der Waals surface area contributed by atoms with E-state index in [2.05, 4.69) is 95.2 Å². The number of Topliss-reactive ketones (excluding diaryl/α,β-unsaturated/α-hetero) is 2. The molecule has 0 radical (unpaired) electrons. The van der Waals surface area contributed by atoms with Gasteiger partial charge in [-0.2, -0.15) is 0 Å². The molecule has 270 valence electrons. The molecule has 9 heteroatoms. The quantitative estimate of drug-likeness (QED) is 0.192. The van der Waals surface area contributed by atoms with E-state index >= 15 is 0 Å². The van der Waals surface area contributed by atoms with E-state index in [1.807, 2.05) is 13.8 Å². The van der Waals surface area contributed by atoms with Crippen LogP contribution in [0.5, 0.6) is 17.2 Å². The van der Waals surface area contributed by atoms with Gasteiger partial charge in [-0.25, -0.2) is 0 Å². The molecular weight excluding hydrogens is 649 g/mol.